The molecule has 1 aliphatic carbocycles. The molecule has 0 spiro atoms. The van der Waals surface area contributed by atoms with Crippen LogP contribution in [0.1, 0.15) is 29.8 Å². The SMILES string of the molecule is COC(=O)N1CCO[C@@H](Cc2c(-c3c(F)cc(-c4nc(C5(O)CC5)co4)cc3F)nc3cc(C)ccn23)C1. The fourth-order valence-electron chi connectivity index (χ4n) is 4.86. The molecule has 38 heavy (non-hydrogen) atoms. The summed E-state index contributed by atoms with van der Waals surface area (Å²) in [7, 11) is 1.32. The number of nitrogens with zero attached hydrogens (tertiary/aromatic N) is 4. The number of benzene rings is 1. The molecular weight excluding hydrogens is 498 g/mol. The van der Waals surface area contributed by atoms with E-state index in [2.05, 4.69) is 9.97 Å². The largest absolute Gasteiger partial charge is 0.453 e. The molecule has 0 radical (unpaired) electrons. The van der Waals surface area contributed by atoms with Gasteiger partial charge in [0.15, 0.2) is 0 Å². The number of amides is 1. The van der Waals surface area contributed by atoms with Crippen LogP contribution in [0.2, 0.25) is 0 Å². The van der Waals surface area contributed by atoms with Crippen LogP contribution in [-0.4, -0.2) is 63.4 Å². The van der Waals surface area contributed by atoms with Crippen molar-refractivity contribution in [2.75, 3.05) is 26.8 Å². The fourth-order valence-corrected chi connectivity index (χ4v) is 4.86. The molecule has 198 valence electrons. The maximum atomic E-state index is 15.6. The lowest BCUT2D eigenvalue weighted by Gasteiger charge is -2.32. The van der Waals surface area contributed by atoms with Crippen molar-refractivity contribution in [1.82, 2.24) is 19.3 Å². The highest BCUT2D eigenvalue weighted by Crippen LogP contribution is 2.45. The molecule has 2 fully saturated rings. The number of ether oxygens (including phenoxy) is 2. The zero-order chi connectivity index (χ0) is 26.6. The molecule has 4 aromatic rings. The summed E-state index contributed by atoms with van der Waals surface area (Å²) in [5.41, 5.74) is 1.35. The number of oxazole rings is 1. The van der Waals surface area contributed by atoms with Gasteiger partial charge in [-0.3, -0.25) is 0 Å². The van der Waals surface area contributed by atoms with Gasteiger partial charge < -0.3 is 28.3 Å². The summed E-state index contributed by atoms with van der Waals surface area (Å²) in [6.07, 6.45) is 3.64. The van der Waals surface area contributed by atoms with Gasteiger partial charge in [0.1, 0.15) is 34.8 Å². The zero-order valence-corrected chi connectivity index (χ0v) is 20.9. The van der Waals surface area contributed by atoms with Crippen molar-refractivity contribution in [2.24, 2.45) is 0 Å². The lowest BCUT2D eigenvalue weighted by Crippen LogP contribution is -2.46. The highest BCUT2D eigenvalue weighted by molar-refractivity contribution is 5.71. The quantitative estimate of drug-likeness (QED) is 0.417. The summed E-state index contributed by atoms with van der Waals surface area (Å²) in [4.78, 5) is 22.4. The molecule has 1 atom stereocenters. The predicted octanol–water partition coefficient (Wildman–Crippen LogP) is 4.23. The molecule has 11 heteroatoms. The Kier molecular flexibility index (Phi) is 5.92. The Morgan fingerprint density at radius 1 is 1.24 bits per heavy atom. The Balaban J connectivity index is 1.39. The number of aryl methyl sites for hydroxylation is 1. The first kappa shape index (κ1) is 24.5. The number of rotatable bonds is 5. The number of hydrogen-bond acceptors (Lipinski definition) is 7. The number of imidazole rings is 1. The van der Waals surface area contributed by atoms with Crippen molar-refractivity contribution in [2.45, 2.75) is 37.9 Å². The summed E-state index contributed by atoms with van der Waals surface area (Å²) in [5.74, 6) is -1.63. The van der Waals surface area contributed by atoms with E-state index in [1.165, 1.54) is 13.4 Å². The minimum atomic E-state index is -1.02. The number of fused-ring (bicyclic) bond motifs is 1. The third-order valence-electron chi connectivity index (χ3n) is 7.10. The Hall–Kier alpha value is -3.83. The third kappa shape index (κ3) is 4.31. The third-order valence-corrected chi connectivity index (χ3v) is 7.10. The molecular formula is C27H26F2N4O5. The number of methoxy groups -OCH3 is 1. The van der Waals surface area contributed by atoms with Crippen LogP contribution in [-0.2, 0) is 21.5 Å². The van der Waals surface area contributed by atoms with Gasteiger partial charge in [0.2, 0.25) is 5.89 Å². The second-order valence-electron chi connectivity index (χ2n) is 9.84. The highest BCUT2D eigenvalue weighted by Gasteiger charge is 2.45. The zero-order valence-electron chi connectivity index (χ0n) is 20.9. The average molecular weight is 525 g/mol. The van der Waals surface area contributed by atoms with E-state index in [1.54, 1.807) is 15.5 Å². The molecule has 0 unspecified atom stereocenters. The van der Waals surface area contributed by atoms with Crippen molar-refractivity contribution in [3.05, 3.63) is 65.3 Å². The maximum Gasteiger partial charge on any atom is 0.409 e. The van der Waals surface area contributed by atoms with Crippen molar-refractivity contribution in [1.29, 1.82) is 0 Å². The monoisotopic (exact) mass is 524 g/mol. The minimum absolute atomic E-state index is 0.0223. The molecule has 1 N–H and O–H groups in total. The Morgan fingerprint density at radius 3 is 2.71 bits per heavy atom. The van der Waals surface area contributed by atoms with E-state index in [0.717, 1.165) is 17.7 Å². The van der Waals surface area contributed by atoms with E-state index in [-0.39, 0.29) is 35.7 Å². The molecule has 1 saturated heterocycles. The minimum Gasteiger partial charge on any atom is -0.453 e. The normalized spacial score (nSPS) is 18.7. The molecule has 1 amide bonds. The van der Waals surface area contributed by atoms with Crippen LogP contribution in [0.3, 0.4) is 0 Å². The molecule has 1 aromatic carbocycles. The van der Waals surface area contributed by atoms with Crippen LogP contribution in [0.4, 0.5) is 13.6 Å². The van der Waals surface area contributed by atoms with E-state index >= 15 is 8.78 Å². The Bertz CT molecular complexity index is 1520. The summed E-state index contributed by atoms with van der Waals surface area (Å²) in [6.45, 7) is 2.89. The first-order chi connectivity index (χ1) is 18.3. The van der Waals surface area contributed by atoms with Crippen LogP contribution in [0.15, 0.2) is 41.1 Å². The number of carbonyl (C=O) groups is 1. The summed E-state index contributed by atoms with van der Waals surface area (Å²) in [5, 5.41) is 10.3. The van der Waals surface area contributed by atoms with E-state index in [1.807, 2.05) is 19.1 Å². The number of carbonyl (C=O) groups excluding carboxylic acids is 1. The second-order valence-corrected chi connectivity index (χ2v) is 9.84. The highest BCUT2D eigenvalue weighted by atomic mass is 19.1. The van der Waals surface area contributed by atoms with Crippen LogP contribution in [0.25, 0.3) is 28.4 Å². The van der Waals surface area contributed by atoms with Gasteiger partial charge in [0.25, 0.3) is 0 Å². The topological polar surface area (TPSA) is 102 Å². The van der Waals surface area contributed by atoms with Crippen molar-refractivity contribution < 1.29 is 32.6 Å². The van der Waals surface area contributed by atoms with Crippen molar-refractivity contribution in [3.63, 3.8) is 0 Å². The summed E-state index contributed by atoms with van der Waals surface area (Å²) < 4.78 is 49.1. The van der Waals surface area contributed by atoms with Gasteiger partial charge in [-0.25, -0.2) is 23.5 Å². The smallest absolute Gasteiger partial charge is 0.409 e. The van der Waals surface area contributed by atoms with E-state index in [0.29, 0.717) is 43.0 Å². The van der Waals surface area contributed by atoms with Gasteiger partial charge in [-0.1, -0.05) is 0 Å². The number of pyridine rings is 1. The molecule has 1 saturated carbocycles. The standard InChI is InChI=1S/C27H26F2N4O5/c1-15-3-6-33-20(12-17-13-32(7-8-37-17)26(34)36-2)24(31-22(33)9-15)23-18(28)10-16(11-19(23)29)25-30-21(14-38-25)27(35)4-5-27/h3,6,9-11,14,17,35H,4-5,7-8,12-13H2,1-2H3/t17-/m0/s1. The first-order valence-electron chi connectivity index (χ1n) is 12.4. The fraction of sp³-hybridized carbons (Fsp3) is 0.370. The molecule has 2 aliphatic rings. The summed E-state index contributed by atoms with van der Waals surface area (Å²) in [6, 6.07) is 6.02. The molecule has 3 aromatic heterocycles. The first-order valence-corrected chi connectivity index (χ1v) is 12.4. The Morgan fingerprint density at radius 2 is 2.00 bits per heavy atom. The number of morpholine rings is 1. The molecule has 1 aliphatic heterocycles. The van der Waals surface area contributed by atoms with Crippen LogP contribution in [0.5, 0.6) is 0 Å². The number of aliphatic hydroxyl groups is 1. The molecule has 0 bridgehead atoms. The predicted molar refractivity (Wildman–Crippen MR) is 131 cm³/mol. The van der Waals surface area contributed by atoms with Crippen LogP contribution < -0.4 is 0 Å². The molecule has 4 heterocycles. The van der Waals surface area contributed by atoms with Gasteiger partial charge >= 0.3 is 6.09 Å². The molecule has 6 rings (SSSR count). The lowest BCUT2D eigenvalue weighted by molar-refractivity contribution is -0.0241. The lowest BCUT2D eigenvalue weighted by atomic mass is 10.0. The van der Waals surface area contributed by atoms with Gasteiger partial charge in [0.05, 0.1) is 43.3 Å². The average Bonchev–Trinajstić information content (AvgIpc) is 3.31. The second kappa shape index (κ2) is 9.17. The molecule has 9 nitrogen and oxygen atoms in total. The van der Waals surface area contributed by atoms with Crippen molar-refractivity contribution in [3.8, 4) is 22.7 Å². The number of hydrogen-bond donors (Lipinski definition) is 1. The number of halogens is 2. The maximum absolute atomic E-state index is 15.6. The van der Waals surface area contributed by atoms with Gasteiger partial charge in [-0.2, -0.15) is 0 Å². The van der Waals surface area contributed by atoms with E-state index < -0.39 is 29.4 Å². The summed E-state index contributed by atoms with van der Waals surface area (Å²) >= 11 is 0. The van der Waals surface area contributed by atoms with E-state index in [9.17, 15) is 9.90 Å². The van der Waals surface area contributed by atoms with Crippen LogP contribution in [0, 0.1) is 18.6 Å². The van der Waals surface area contributed by atoms with Crippen LogP contribution >= 0.6 is 0 Å². The van der Waals surface area contributed by atoms with Crippen molar-refractivity contribution >= 4 is 11.7 Å². The van der Waals surface area contributed by atoms with Gasteiger partial charge in [-0.05, 0) is 49.6 Å². The van der Waals surface area contributed by atoms with E-state index in [4.69, 9.17) is 13.9 Å². The number of aromatic nitrogens is 3. The van der Waals surface area contributed by atoms with Gasteiger partial charge in [0, 0.05) is 24.7 Å². The Labute approximate surface area is 216 Å². The van der Waals surface area contributed by atoms with Gasteiger partial charge in [-0.15, -0.1) is 0 Å².